The minimum atomic E-state index is -0.963. The maximum atomic E-state index is 13.9. The van der Waals surface area contributed by atoms with Crippen LogP contribution in [0.4, 0.5) is 10.2 Å². The minimum Gasteiger partial charge on any atom is -0.497 e. The summed E-state index contributed by atoms with van der Waals surface area (Å²) in [4.78, 5) is 28.0. The monoisotopic (exact) mass is 514 g/mol. The Kier molecular flexibility index (Phi) is 8.21. The second-order valence-corrected chi connectivity index (χ2v) is 8.98. The summed E-state index contributed by atoms with van der Waals surface area (Å²) in [5.74, 6) is -0.135. The highest BCUT2D eigenvalue weighted by Crippen LogP contribution is 2.38. The molecule has 4 rings (SSSR count). The van der Waals surface area contributed by atoms with Gasteiger partial charge < -0.3 is 19.7 Å². The highest BCUT2D eigenvalue weighted by atomic mass is 19.1. The fourth-order valence-electron chi connectivity index (χ4n) is 4.58. The molecule has 8 heteroatoms. The number of aryl methyl sites for hydroxylation is 1. The molecule has 38 heavy (non-hydrogen) atoms. The van der Waals surface area contributed by atoms with Crippen LogP contribution in [0.2, 0.25) is 0 Å². The number of anilines is 1. The van der Waals surface area contributed by atoms with Crippen molar-refractivity contribution in [3.8, 4) is 11.4 Å². The molecule has 0 radical (unpaired) electrons. The second-order valence-electron chi connectivity index (χ2n) is 8.98. The van der Waals surface area contributed by atoms with Crippen molar-refractivity contribution in [2.24, 2.45) is 0 Å². The summed E-state index contributed by atoms with van der Waals surface area (Å²) in [6.07, 6.45) is 0.723. The molecule has 0 saturated carbocycles. The van der Waals surface area contributed by atoms with E-state index < -0.39 is 23.7 Å². The zero-order valence-electron chi connectivity index (χ0n) is 21.9. The number of halogens is 1. The van der Waals surface area contributed by atoms with Gasteiger partial charge in [-0.3, -0.25) is 4.79 Å². The van der Waals surface area contributed by atoms with E-state index in [4.69, 9.17) is 9.84 Å². The van der Waals surface area contributed by atoms with E-state index in [2.05, 4.69) is 5.32 Å². The first-order valence-corrected chi connectivity index (χ1v) is 12.4. The average molecular weight is 515 g/mol. The van der Waals surface area contributed by atoms with E-state index in [0.29, 0.717) is 29.1 Å². The van der Waals surface area contributed by atoms with Gasteiger partial charge in [0, 0.05) is 30.6 Å². The molecule has 196 valence electrons. The highest BCUT2D eigenvalue weighted by Gasteiger charge is 2.34. The summed E-state index contributed by atoms with van der Waals surface area (Å²) in [6, 6.07) is 21.5. The van der Waals surface area contributed by atoms with Crippen molar-refractivity contribution in [3.05, 3.63) is 107 Å². The van der Waals surface area contributed by atoms with Crippen LogP contribution in [0.15, 0.2) is 78.9 Å². The molecule has 1 N–H and O–H groups in total. The lowest BCUT2D eigenvalue weighted by atomic mass is 9.84. The van der Waals surface area contributed by atoms with Gasteiger partial charge in [0.2, 0.25) is 0 Å². The third-order valence-electron chi connectivity index (χ3n) is 6.59. The van der Waals surface area contributed by atoms with Crippen LogP contribution in [0.3, 0.4) is 0 Å². The summed E-state index contributed by atoms with van der Waals surface area (Å²) in [6.45, 7) is 4.57. The van der Waals surface area contributed by atoms with Crippen LogP contribution in [0.25, 0.3) is 5.69 Å². The lowest BCUT2D eigenvalue weighted by molar-refractivity contribution is -0.109. The number of nitrogens with one attached hydrogen (secondary N) is 1. The maximum Gasteiger partial charge on any atom is 0.252 e. The van der Waals surface area contributed by atoms with Gasteiger partial charge in [0.05, 0.1) is 24.5 Å². The molecule has 0 bridgehead atoms. The molecule has 0 spiro atoms. The number of amides is 1. The van der Waals surface area contributed by atoms with E-state index in [0.717, 1.165) is 23.4 Å². The summed E-state index contributed by atoms with van der Waals surface area (Å²) >= 11 is 0. The Hall–Kier alpha value is -4.46. The van der Waals surface area contributed by atoms with Crippen LogP contribution in [-0.4, -0.2) is 48.7 Å². The lowest BCUT2D eigenvalue weighted by Gasteiger charge is -2.28. The largest absolute Gasteiger partial charge is 0.497 e. The first-order chi connectivity index (χ1) is 18.4. The van der Waals surface area contributed by atoms with Crippen molar-refractivity contribution in [1.29, 1.82) is 0 Å². The van der Waals surface area contributed by atoms with Crippen molar-refractivity contribution in [2.45, 2.75) is 25.8 Å². The van der Waals surface area contributed by atoms with Crippen molar-refractivity contribution in [1.82, 2.24) is 15.1 Å². The number of nitrogens with zero attached hydrogens (tertiary/aromatic N) is 3. The predicted molar refractivity (Wildman–Crippen MR) is 146 cm³/mol. The van der Waals surface area contributed by atoms with Crippen molar-refractivity contribution in [2.75, 3.05) is 25.6 Å². The number of carbonyl (C=O) groups is 2. The fourth-order valence-corrected chi connectivity index (χ4v) is 4.58. The minimum absolute atomic E-state index is 0.358. The molecule has 1 aromatic heterocycles. The quantitative estimate of drug-likeness (QED) is 0.304. The Bertz CT molecular complexity index is 1400. The molecule has 0 aliphatic carbocycles. The number of aromatic nitrogens is 2. The molecule has 0 aliphatic rings. The van der Waals surface area contributed by atoms with E-state index in [1.54, 1.807) is 36.4 Å². The van der Waals surface area contributed by atoms with Crippen molar-refractivity contribution < 1.29 is 18.7 Å². The Morgan fingerprint density at radius 3 is 2.45 bits per heavy atom. The maximum absolute atomic E-state index is 13.9. The Morgan fingerprint density at radius 1 is 1.11 bits per heavy atom. The van der Waals surface area contributed by atoms with Crippen LogP contribution in [0.5, 0.6) is 5.75 Å². The van der Waals surface area contributed by atoms with Gasteiger partial charge in [-0.05, 0) is 61.9 Å². The Balaban J connectivity index is 1.87. The number of rotatable bonds is 10. The number of hydrogen-bond donors (Lipinski definition) is 1. The predicted octanol–water partition coefficient (Wildman–Crippen LogP) is 4.91. The van der Waals surface area contributed by atoms with Gasteiger partial charge in [-0.2, -0.15) is 5.10 Å². The molecular formula is C30H31FN4O3. The van der Waals surface area contributed by atoms with Gasteiger partial charge in [-0.25, -0.2) is 9.07 Å². The number of methoxy groups -OCH3 is 1. The summed E-state index contributed by atoms with van der Waals surface area (Å²) in [7, 11) is 3.47. The molecule has 7 nitrogen and oxygen atoms in total. The van der Waals surface area contributed by atoms with Crippen LogP contribution in [-0.2, 0) is 4.79 Å². The van der Waals surface area contributed by atoms with E-state index in [1.807, 2.05) is 60.8 Å². The van der Waals surface area contributed by atoms with E-state index in [9.17, 15) is 14.0 Å². The lowest BCUT2D eigenvalue weighted by Crippen LogP contribution is -2.41. The molecule has 3 aromatic carbocycles. The van der Waals surface area contributed by atoms with E-state index in [-0.39, 0.29) is 0 Å². The van der Waals surface area contributed by atoms with Gasteiger partial charge in [-0.15, -0.1) is 0 Å². The second kappa shape index (κ2) is 11.7. The molecular weight excluding hydrogens is 483 g/mol. The number of carbonyl (C=O) groups excluding carboxylic acids is 2. The van der Waals surface area contributed by atoms with E-state index >= 15 is 0 Å². The van der Waals surface area contributed by atoms with Crippen molar-refractivity contribution in [3.63, 3.8) is 0 Å². The average Bonchev–Trinajstić information content (AvgIpc) is 3.30. The van der Waals surface area contributed by atoms with Gasteiger partial charge in [0.1, 0.15) is 23.7 Å². The molecule has 0 fully saturated rings. The van der Waals surface area contributed by atoms with Crippen LogP contribution in [0, 0.1) is 12.7 Å². The van der Waals surface area contributed by atoms with Crippen LogP contribution >= 0.6 is 0 Å². The highest BCUT2D eigenvalue weighted by molar-refractivity contribution is 5.96. The topological polar surface area (TPSA) is 76.5 Å². The molecule has 0 saturated heterocycles. The standard InChI is InChI=1S/C30H31FN4O3/c1-5-34(3)30-27(20(2)33-35(30)24-11-7-6-8-12-24)28(21-14-16-23(31)17-15-21)26(19-36)32-29(37)22-10-9-13-25(18-22)38-4/h6-19,26,28H,5H2,1-4H3,(H,32,37). The molecule has 4 aromatic rings. The van der Waals surface area contributed by atoms with Gasteiger partial charge in [-0.1, -0.05) is 36.4 Å². The Morgan fingerprint density at radius 2 is 1.82 bits per heavy atom. The molecule has 0 aliphatic heterocycles. The molecule has 2 unspecified atom stereocenters. The molecule has 1 heterocycles. The number of benzene rings is 3. The van der Waals surface area contributed by atoms with Crippen molar-refractivity contribution >= 4 is 18.0 Å². The number of para-hydroxylation sites is 1. The van der Waals surface area contributed by atoms with E-state index in [1.165, 1.54) is 19.2 Å². The van der Waals surface area contributed by atoms with Gasteiger partial charge >= 0.3 is 0 Å². The SMILES string of the molecule is CCN(C)c1c(C(c2ccc(F)cc2)C(C=O)NC(=O)c2cccc(OC)c2)c(C)nn1-c1ccccc1. The Labute approximate surface area is 221 Å². The first-order valence-electron chi connectivity index (χ1n) is 12.4. The summed E-state index contributed by atoms with van der Waals surface area (Å²) in [5.41, 5.74) is 3.36. The smallest absolute Gasteiger partial charge is 0.252 e. The molecule has 2 atom stereocenters. The van der Waals surface area contributed by atoms with Crippen LogP contribution < -0.4 is 15.0 Å². The van der Waals surface area contributed by atoms with Crippen LogP contribution in [0.1, 0.15) is 40.0 Å². The van der Waals surface area contributed by atoms with Gasteiger partial charge in [0.15, 0.2) is 0 Å². The fraction of sp³-hybridized carbons (Fsp3) is 0.233. The molecule has 1 amide bonds. The summed E-state index contributed by atoms with van der Waals surface area (Å²) < 4.78 is 21.0. The number of aldehydes is 1. The first kappa shape index (κ1) is 26.6. The zero-order chi connectivity index (χ0) is 27.2. The van der Waals surface area contributed by atoms with Gasteiger partial charge in [0.25, 0.3) is 5.91 Å². The number of ether oxygens (including phenoxy) is 1. The number of hydrogen-bond acceptors (Lipinski definition) is 5. The third kappa shape index (κ3) is 5.44. The normalized spacial score (nSPS) is 12.4. The zero-order valence-corrected chi connectivity index (χ0v) is 21.9. The summed E-state index contributed by atoms with van der Waals surface area (Å²) in [5, 5.41) is 7.74. The third-order valence-corrected chi connectivity index (χ3v) is 6.59.